The molecule has 12 heteroatoms. The number of hydrogen-bond donors (Lipinski definition) is 3. The zero-order chi connectivity index (χ0) is 36.4. The van der Waals surface area contributed by atoms with E-state index in [1.807, 2.05) is 6.92 Å². The van der Waals surface area contributed by atoms with Crippen LogP contribution in [-0.2, 0) is 15.8 Å². The first-order chi connectivity index (χ1) is 24.5. The zero-order valence-corrected chi connectivity index (χ0v) is 28.6. The zero-order valence-electron chi connectivity index (χ0n) is 27.0. The van der Waals surface area contributed by atoms with E-state index in [2.05, 4.69) is 16.0 Å². The molecule has 3 N–H and O–H groups in total. The molecule has 5 aromatic rings. The van der Waals surface area contributed by atoms with Crippen LogP contribution in [0.15, 0.2) is 138 Å². The van der Waals surface area contributed by atoms with Crippen molar-refractivity contribution < 1.29 is 32.3 Å². The summed E-state index contributed by atoms with van der Waals surface area (Å²) in [6.07, 6.45) is -3.21. The van der Waals surface area contributed by atoms with Crippen molar-refractivity contribution in [1.29, 1.82) is 0 Å². The Morgan fingerprint density at radius 2 is 1.47 bits per heavy atom. The lowest BCUT2D eigenvalue weighted by Gasteiger charge is -2.20. The summed E-state index contributed by atoms with van der Waals surface area (Å²) in [6, 6.07) is 33.9. The number of carbonyl (C=O) groups is 3. The van der Waals surface area contributed by atoms with Crippen molar-refractivity contribution in [3.63, 3.8) is 0 Å². The van der Waals surface area contributed by atoms with Crippen LogP contribution in [0.1, 0.15) is 39.2 Å². The number of alkyl halides is 3. The summed E-state index contributed by atoms with van der Waals surface area (Å²) < 4.78 is 47.0. The molecule has 5 rings (SSSR count). The van der Waals surface area contributed by atoms with Gasteiger partial charge in [-0.05, 0) is 79.2 Å². The minimum Gasteiger partial charge on any atom is -0.493 e. The lowest BCUT2D eigenvalue weighted by molar-refractivity contribution is -0.137. The van der Waals surface area contributed by atoms with Gasteiger partial charge in [0.1, 0.15) is 16.7 Å². The fourth-order valence-electron chi connectivity index (χ4n) is 4.90. The van der Waals surface area contributed by atoms with E-state index in [0.29, 0.717) is 39.6 Å². The van der Waals surface area contributed by atoms with Crippen LogP contribution in [0.5, 0.6) is 5.75 Å². The molecule has 0 fully saturated rings. The Labute approximate surface area is 301 Å². The van der Waals surface area contributed by atoms with Gasteiger partial charge in [0.05, 0.1) is 17.9 Å². The summed E-state index contributed by atoms with van der Waals surface area (Å²) in [4.78, 5) is 40.8. The van der Waals surface area contributed by atoms with Crippen LogP contribution in [0, 0.1) is 0 Å². The Bertz CT molecular complexity index is 2030. The molecule has 7 nitrogen and oxygen atoms in total. The van der Waals surface area contributed by atoms with E-state index < -0.39 is 40.4 Å². The molecule has 0 aliphatic rings. The Morgan fingerprint density at radius 1 is 0.824 bits per heavy atom. The molecule has 0 radical (unpaired) electrons. The SMILES string of the molecule is CCOc1ccccc1/C=C(\NC(=O)c1ccccc1)C(=O)Nc1ccc(SC(C(=O)Nc2ccc(Cl)cc2C(F)(F)F)c2ccccc2)cc1. The molecule has 0 aromatic heterocycles. The fraction of sp³-hybridized carbons (Fsp3) is 0.103. The van der Waals surface area contributed by atoms with E-state index in [9.17, 15) is 27.6 Å². The normalized spacial score (nSPS) is 12.1. The van der Waals surface area contributed by atoms with E-state index in [0.717, 1.165) is 23.9 Å². The number of para-hydroxylation sites is 1. The van der Waals surface area contributed by atoms with Crippen molar-refractivity contribution in [2.75, 3.05) is 17.2 Å². The molecule has 1 atom stereocenters. The van der Waals surface area contributed by atoms with Gasteiger partial charge in [-0.3, -0.25) is 14.4 Å². The second-order valence-electron chi connectivity index (χ2n) is 10.9. The van der Waals surface area contributed by atoms with Crippen LogP contribution in [0.2, 0.25) is 5.02 Å². The van der Waals surface area contributed by atoms with Crippen molar-refractivity contribution in [1.82, 2.24) is 5.32 Å². The van der Waals surface area contributed by atoms with Gasteiger partial charge in [-0.1, -0.05) is 78.3 Å². The monoisotopic (exact) mass is 729 g/mol. The minimum absolute atomic E-state index is 0.0318. The highest BCUT2D eigenvalue weighted by atomic mass is 35.5. The maximum atomic E-state index is 13.8. The van der Waals surface area contributed by atoms with Gasteiger partial charge in [-0.15, -0.1) is 11.8 Å². The molecular weight excluding hydrogens is 699 g/mol. The molecule has 0 aliphatic carbocycles. The van der Waals surface area contributed by atoms with Crippen LogP contribution in [0.25, 0.3) is 6.08 Å². The summed E-state index contributed by atoms with van der Waals surface area (Å²) in [7, 11) is 0. The van der Waals surface area contributed by atoms with Crippen molar-refractivity contribution in [3.8, 4) is 5.75 Å². The first-order valence-corrected chi connectivity index (χ1v) is 16.9. The molecule has 0 aliphatic heterocycles. The first kappa shape index (κ1) is 36.8. The maximum absolute atomic E-state index is 13.8. The number of rotatable bonds is 12. The Hall–Kier alpha value is -5.52. The summed E-state index contributed by atoms with van der Waals surface area (Å²) in [5, 5.41) is 6.88. The number of amides is 3. The van der Waals surface area contributed by atoms with Gasteiger partial charge in [0.2, 0.25) is 5.91 Å². The predicted molar refractivity (Wildman–Crippen MR) is 195 cm³/mol. The van der Waals surface area contributed by atoms with Crippen LogP contribution >= 0.6 is 23.4 Å². The number of anilines is 2. The van der Waals surface area contributed by atoms with E-state index in [4.69, 9.17) is 16.3 Å². The Morgan fingerprint density at radius 3 is 2.14 bits per heavy atom. The number of benzene rings is 5. The van der Waals surface area contributed by atoms with Crippen LogP contribution in [-0.4, -0.2) is 24.3 Å². The fourth-order valence-corrected chi connectivity index (χ4v) is 6.09. The quantitative estimate of drug-likeness (QED) is 0.0878. The van der Waals surface area contributed by atoms with Gasteiger partial charge in [0.25, 0.3) is 11.8 Å². The van der Waals surface area contributed by atoms with Crippen molar-refractivity contribution >= 4 is 58.5 Å². The summed E-state index contributed by atoms with van der Waals surface area (Å²) >= 11 is 6.94. The number of hydrogen-bond acceptors (Lipinski definition) is 5. The molecule has 0 bridgehead atoms. The van der Waals surface area contributed by atoms with E-state index >= 15 is 0 Å². The second-order valence-corrected chi connectivity index (χ2v) is 12.5. The number of carbonyl (C=O) groups excluding carboxylic acids is 3. The summed E-state index contributed by atoms with van der Waals surface area (Å²) in [5.41, 5.74) is 0.388. The van der Waals surface area contributed by atoms with Crippen LogP contribution in [0.4, 0.5) is 24.5 Å². The molecule has 3 amide bonds. The Balaban J connectivity index is 1.37. The average Bonchev–Trinajstić information content (AvgIpc) is 3.12. The third-order valence-corrected chi connectivity index (χ3v) is 8.80. The number of halogens is 4. The smallest absolute Gasteiger partial charge is 0.418 e. The topological polar surface area (TPSA) is 96.5 Å². The van der Waals surface area contributed by atoms with Gasteiger partial charge in [-0.25, -0.2) is 0 Å². The van der Waals surface area contributed by atoms with Gasteiger partial charge >= 0.3 is 6.18 Å². The van der Waals surface area contributed by atoms with Crippen molar-refractivity contribution in [3.05, 3.63) is 160 Å². The number of ether oxygens (including phenoxy) is 1. The molecule has 1 unspecified atom stereocenters. The van der Waals surface area contributed by atoms with Gasteiger partial charge in [0.15, 0.2) is 0 Å². The minimum atomic E-state index is -4.74. The molecule has 260 valence electrons. The van der Waals surface area contributed by atoms with Gasteiger partial charge in [-0.2, -0.15) is 13.2 Å². The maximum Gasteiger partial charge on any atom is 0.418 e. The lowest BCUT2D eigenvalue weighted by atomic mass is 10.1. The largest absolute Gasteiger partial charge is 0.493 e. The average molecular weight is 730 g/mol. The van der Waals surface area contributed by atoms with Crippen LogP contribution < -0.4 is 20.7 Å². The van der Waals surface area contributed by atoms with Crippen molar-refractivity contribution in [2.45, 2.75) is 23.2 Å². The third kappa shape index (κ3) is 10.0. The molecule has 0 spiro atoms. The molecule has 5 aromatic carbocycles. The lowest BCUT2D eigenvalue weighted by Crippen LogP contribution is -2.30. The number of thioether (sulfide) groups is 1. The summed E-state index contributed by atoms with van der Waals surface area (Å²) in [5.74, 6) is -1.23. The highest BCUT2D eigenvalue weighted by Gasteiger charge is 2.35. The second kappa shape index (κ2) is 16.9. The van der Waals surface area contributed by atoms with E-state index in [1.54, 1.807) is 109 Å². The number of nitrogens with one attached hydrogen (secondary N) is 3. The molecule has 51 heavy (non-hydrogen) atoms. The Kier molecular flexibility index (Phi) is 12.2. The standard InChI is InChI=1S/C39H31ClF3N3O4S/c1-2-50-34-16-10-9-15-27(34)23-33(46-36(47)26-13-7-4-8-14-26)37(48)44-29-18-20-30(21-19-29)51-35(25-11-5-3-6-12-25)38(49)45-32-22-17-28(40)24-31(32)39(41,42)43/h3-24,35H,2H2,1H3,(H,44,48)(H,45,49)(H,46,47)/b33-23-. The predicted octanol–water partition coefficient (Wildman–Crippen LogP) is 9.64. The van der Waals surface area contributed by atoms with E-state index in [1.165, 1.54) is 12.1 Å². The van der Waals surface area contributed by atoms with Gasteiger partial charge < -0.3 is 20.7 Å². The molecule has 0 heterocycles. The molecule has 0 saturated carbocycles. The third-order valence-electron chi connectivity index (χ3n) is 7.30. The highest BCUT2D eigenvalue weighted by molar-refractivity contribution is 8.00. The van der Waals surface area contributed by atoms with Crippen LogP contribution in [0.3, 0.4) is 0 Å². The summed E-state index contributed by atoms with van der Waals surface area (Å²) in [6.45, 7) is 2.24. The van der Waals surface area contributed by atoms with E-state index in [-0.39, 0.29) is 10.7 Å². The molecule has 0 saturated heterocycles. The first-order valence-electron chi connectivity index (χ1n) is 15.6. The van der Waals surface area contributed by atoms with Gasteiger partial charge in [0, 0.05) is 26.7 Å². The molecular formula is C39H31ClF3N3O4S. The van der Waals surface area contributed by atoms with Crippen molar-refractivity contribution in [2.24, 2.45) is 0 Å². The highest BCUT2D eigenvalue weighted by Crippen LogP contribution is 2.40.